The van der Waals surface area contributed by atoms with Gasteiger partial charge in [-0.3, -0.25) is 0 Å². The molecule has 0 saturated heterocycles. The number of hydrogen-bond donors (Lipinski definition) is 0. The van der Waals surface area contributed by atoms with Crippen LogP contribution in [0, 0.1) is 0 Å². The van der Waals surface area contributed by atoms with Crippen LogP contribution in [0.2, 0.25) is 0 Å². The van der Waals surface area contributed by atoms with E-state index in [2.05, 4.69) is 5.16 Å². The van der Waals surface area contributed by atoms with Crippen LogP contribution in [0.3, 0.4) is 0 Å². The van der Waals surface area contributed by atoms with Gasteiger partial charge < -0.3 is 4.52 Å². The van der Waals surface area contributed by atoms with Gasteiger partial charge in [-0.25, -0.2) is 0 Å². The molecule has 0 bridgehead atoms. The second-order valence-electron chi connectivity index (χ2n) is 1.86. The summed E-state index contributed by atoms with van der Waals surface area (Å²) in [4.78, 5) is 0. The smallest absolute Gasteiger partial charge is 0.166 e. The second kappa shape index (κ2) is 12.7. The Morgan fingerprint density at radius 3 is 1.93 bits per heavy atom. The predicted molar refractivity (Wildman–Crippen MR) is 68.1 cm³/mol. The quantitative estimate of drug-likeness (QED) is 0.616. The average Bonchev–Trinajstić information content (AvgIpc) is 2.85. The highest BCUT2D eigenvalue weighted by Crippen LogP contribution is 2.10. The van der Waals surface area contributed by atoms with Crippen molar-refractivity contribution in [1.82, 2.24) is 5.16 Å². The molecule has 0 unspecified atom stereocenters. The Morgan fingerprint density at radius 2 is 1.40 bits per heavy atom. The van der Waals surface area contributed by atoms with Crippen LogP contribution >= 0.6 is 0 Å². The van der Waals surface area contributed by atoms with Crippen molar-refractivity contribution >= 4 is 11.0 Å². The summed E-state index contributed by atoms with van der Waals surface area (Å²) in [5.41, 5.74) is 0.845. The molecule has 0 saturated carbocycles. The van der Waals surface area contributed by atoms with Crippen molar-refractivity contribution in [1.29, 1.82) is 0 Å². The van der Waals surface area contributed by atoms with Crippen molar-refractivity contribution in [2.75, 3.05) is 0 Å². The number of aromatic nitrogens is 1. The van der Waals surface area contributed by atoms with E-state index in [0.29, 0.717) is 0 Å². The first-order chi connectivity index (χ1) is 7.47. The van der Waals surface area contributed by atoms with Crippen LogP contribution in [0.25, 0.3) is 11.0 Å². The van der Waals surface area contributed by atoms with Crippen LogP contribution in [0.4, 0.5) is 0 Å². The minimum atomic E-state index is 0.845. The number of nitrogens with zero attached hydrogens (tertiary/aromatic N) is 1. The SMILES string of the molecule is CC.CC.CC.c1ccc2oncc2c1. The van der Waals surface area contributed by atoms with Crippen LogP contribution in [0.5, 0.6) is 0 Å². The number of benzene rings is 1. The largest absolute Gasteiger partial charge is 0.356 e. The predicted octanol–water partition coefficient (Wildman–Crippen LogP) is 4.91. The van der Waals surface area contributed by atoms with Gasteiger partial charge in [0.1, 0.15) is 0 Å². The van der Waals surface area contributed by atoms with E-state index < -0.39 is 0 Å². The standard InChI is InChI=1S/C7H5NO.3C2H6/c1-2-4-7-6(3-1)5-8-9-7;3*1-2/h1-5H;3*1-2H3. The third-order valence-corrected chi connectivity index (χ3v) is 1.26. The van der Waals surface area contributed by atoms with Gasteiger partial charge >= 0.3 is 0 Å². The highest BCUT2D eigenvalue weighted by atomic mass is 16.5. The Balaban J connectivity index is 0. The molecule has 0 aliphatic rings. The first kappa shape index (κ1) is 16.1. The van der Waals surface area contributed by atoms with Gasteiger partial charge in [-0.15, -0.1) is 0 Å². The lowest BCUT2D eigenvalue weighted by molar-refractivity contribution is 0.456. The van der Waals surface area contributed by atoms with E-state index in [1.54, 1.807) is 6.20 Å². The summed E-state index contributed by atoms with van der Waals surface area (Å²) in [6.07, 6.45) is 1.70. The molecule has 0 amide bonds. The topological polar surface area (TPSA) is 26.0 Å². The molecular weight excluding hydrogens is 186 g/mol. The molecule has 2 nitrogen and oxygen atoms in total. The van der Waals surface area contributed by atoms with Gasteiger partial charge in [-0.05, 0) is 12.1 Å². The van der Waals surface area contributed by atoms with Crippen molar-refractivity contribution in [2.45, 2.75) is 41.5 Å². The Morgan fingerprint density at radius 1 is 0.867 bits per heavy atom. The first-order valence-corrected chi connectivity index (χ1v) is 5.76. The van der Waals surface area contributed by atoms with Crippen molar-refractivity contribution in [2.24, 2.45) is 0 Å². The molecule has 1 heterocycles. The third kappa shape index (κ3) is 5.89. The molecule has 1 aromatic heterocycles. The maximum Gasteiger partial charge on any atom is 0.166 e. The molecule has 86 valence electrons. The summed E-state index contributed by atoms with van der Waals surface area (Å²) < 4.78 is 4.87. The molecule has 15 heavy (non-hydrogen) atoms. The Hall–Kier alpha value is -1.31. The lowest BCUT2D eigenvalue weighted by Gasteiger charge is -1.78. The summed E-state index contributed by atoms with van der Waals surface area (Å²) in [6, 6.07) is 7.74. The molecule has 0 N–H and O–H groups in total. The summed E-state index contributed by atoms with van der Waals surface area (Å²) >= 11 is 0. The lowest BCUT2D eigenvalue weighted by Crippen LogP contribution is -1.57. The van der Waals surface area contributed by atoms with Crippen molar-refractivity contribution < 1.29 is 4.52 Å². The molecule has 0 atom stereocenters. The summed E-state index contributed by atoms with van der Waals surface area (Å²) in [7, 11) is 0. The second-order valence-corrected chi connectivity index (χ2v) is 1.86. The van der Waals surface area contributed by atoms with E-state index >= 15 is 0 Å². The van der Waals surface area contributed by atoms with Crippen molar-refractivity contribution in [3.63, 3.8) is 0 Å². The van der Waals surface area contributed by atoms with Crippen molar-refractivity contribution in [3.8, 4) is 0 Å². The lowest BCUT2D eigenvalue weighted by atomic mass is 10.3. The van der Waals surface area contributed by atoms with E-state index in [4.69, 9.17) is 4.52 Å². The van der Waals surface area contributed by atoms with E-state index in [9.17, 15) is 0 Å². The Labute approximate surface area is 93.3 Å². The minimum Gasteiger partial charge on any atom is -0.356 e. The maximum atomic E-state index is 4.87. The minimum absolute atomic E-state index is 0.845. The monoisotopic (exact) mass is 209 g/mol. The fourth-order valence-corrected chi connectivity index (χ4v) is 0.810. The molecule has 0 aliphatic heterocycles. The molecule has 1 aromatic carbocycles. The van der Waals surface area contributed by atoms with Crippen molar-refractivity contribution in [3.05, 3.63) is 30.5 Å². The van der Waals surface area contributed by atoms with Gasteiger partial charge in [-0.2, -0.15) is 0 Å². The normalized spacial score (nSPS) is 7.33. The van der Waals surface area contributed by atoms with Gasteiger partial charge in [0, 0.05) is 5.39 Å². The molecular formula is C13H23NO. The van der Waals surface area contributed by atoms with Gasteiger partial charge in [0.05, 0.1) is 6.20 Å². The zero-order valence-electron chi connectivity index (χ0n) is 10.7. The summed E-state index contributed by atoms with van der Waals surface area (Å²) in [6.45, 7) is 12.0. The van der Waals surface area contributed by atoms with E-state index in [0.717, 1.165) is 11.0 Å². The van der Waals surface area contributed by atoms with Crippen LogP contribution < -0.4 is 0 Å². The first-order valence-electron chi connectivity index (χ1n) is 5.76. The van der Waals surface area contributed by atoms with Crippen LogP contribution in [0.15, 0.2) is 35.0 Å². The zero-order valence-corrected chi connectivity index (χ0v) is 10.7. The summed E-state index contributed by atoms with van der Waals surface area (Å²) in [5, 5.41) is 4.68. The van der Waals surface area contributed by atoms with Crippen LogP contribution in [-0.2, 0) is 0 Å². The summed E-state index contributed by atoms with van der Waals surface area (Å²) in [5.74, 6) is 0. The highest BCUT2D eigenvalue weighted by molar-refractivity contribution is 5.75. The fraction of sp³-hybridized carbons (Fsp3) is 0.462. The van der Waals surface area contributed by atoms with E-state index in [1.807, 2.05) is 65.8 Å². The fourth-order valence-electron chi connectivity index (χ4n) is 0.810. The van der Waals surface area contributed by atoms with Crippen LogP contribution in [0.1, 0.15) is 41.5 Å². The van der Waals surface area contributed by atoms with E-state index in [-0.39, 0.29) is 0 Å². The van der Waals surface area contributed by atoms with Gasteiger partial charge in [-0.1, -0.05) is 58.8 Å². The highest BCUT2D eigenvalue weighted by Gasteiger charge is 1.91. The Kier molecular flexibility index (Phi) is 13.6. The molecule has 2 aromatic rings. The van der Waals surface area contributed by atoms with Gasteiger partial charge in [0.2, 0.25) is 0 Å². The van der Waals surface area contributed by atoms with E-state index in [1.165, 1.54) is 0 Å². The molecule has 2 heteroatoms. The number of para-hydroxylation sites is 1. The Bertz CT molecular complexity index is 285. The van der Waals surface area contributed by atoms with Gasteiger partial charge in [0.15, 0.2) is 5.58 Å². The third-order valence-electron chi connectivity index (χ3n) is 1.26. The maximum absolute atomic E-state index is 4.87. The molecule has 0 aliphatic carbocycles. The molecule has 2 rings (SSSR count). The number of fused-ring (bicyclic) bond motifs is 1. The molecule has 0 radical (unpaired) electrons. The number of rotatable bonds is 0. The zero-order chi connectivity index (χ0) is 12.1. The molecule has 0 spiro atoms. The average molecular weight is 209 g/mol. The van der Waals surface area contributed by atoms with Crippen LogP contribution in [-0.4, -0.2) is 5.16 Å². The molecule has 0 fully saturated rings. The van der Waals surface area contributed by atoms with Gasteiger partial charge in [0.25, 0.3) is 0 Å². The number of hydrogen-bond acceptors (Lipinski definition) is 2.